The van der Waals surface area contributed by atoms with Crippen LogP contribution in [0.2, 0.25) is 0 Å². The van der Waals surface area contributed by atoms with E-state index in [0.29, 0.717) is 11.1 Å². The molecule has 0 bridgehead atoms. The van der Waals surface area contributed by atoms with Crippen molar-refractivity contribution in [3.05, 3.63) is 12.4 Å². The first-order valence-corrected chi connectivity index (χ1v) is 3.24. The van der Waals surface area contributed by atoms with Gasteiger partial charge in [0.25, 0.3) is 0 Å². The molecular weight excluding hydrogens is 160 g/mol. The Morgan fingerprint density at radius 1 is 0.917 bits per heavy atom. The maximum atomic E-state index is 9.18. The van der Waals surface area contributed by atoms with Gasteiger partial charge in [-0.05, 0) is 0 Å². The summed E-state index contributed by atoms with van der Waals surface area (Å²) in [6.07, 6.45) is 2.81. The average molecular weight is 166 g/mol. The molecular formula is C6H6N4O2. The Bertz CT molecular complexity index is 353. The summed E-state index contributed by atoms with van der Waals surface area (Å²) in [4.78, 5) is 0. The van der Waals surface area contributed by atoms with Crippen LogP contribution in [0.25, 0.3) is 11.1 Å². The summed E-state index contributed by atoms with van der Waals surface area (Å²) in [5.41, 5.74) is 0.836. The summed E-state index contributed by atoms with van der Waals surface area (Å²) in [7, 11) is 0. The summed E-state index contributed by atoms with van der Waals surface area (Å²) >= 11 is 0. The minimum absolute atomic E-state index is 0.0910. The second kappa shape index (κ2) is 2.26. The number of nitrogens with zero attached hydrogens (tertiary/aromatic N) is 2. The summed E-state index contributed by atoms with van der Waals surface area (Å²) < 4.78 is 0. The van der Waals surface area contributed by atoms with Crippen LogP contribution in [0.5, 0.6) is 11.8 Å². The molecule has 0 spiro atoms. The molecule has 6 heteroatoms. The van der Waals surface area contributed by atoms with Gasteiger partial charge in [0, 0.05) is 0 Å². The highest BCUT2D eigenvalue weighted by atomic mass is 16.3. The van der Waals surface area contributed by atoms with Gasteiger partial charge in [-0.2, -0.15) is 10.2 Å². The van der Waals surface area contributed by atoms with Crippen molar-refractivity contribution in [2.24, 2.45) is 0 Å². The van der Waals surface area contributed by atoms with E-state index in [0.717, 1.165) is 0 Å². The van der Waals surface area contributed by atoms with Gasteiger partial charge in [0.05, 0.1) is 23.5 Å². The normalized spacial score (nSPS) is 10.3. The predicted molar refractivity (Wildman–Crippen MR) is 39.5 cm³/mol. The van der Waals surface area contributed by atoms with E-state index in [-0.39, 0.29) is 11.8 Å². The van der Waals surface area contributed by atoms with Crippen molar-refractivity contribution in [3.8, 4) is 22.9 Å². The van der Waals surface area contributed by atoms with Gasteiger partial charge < -0.3 is 10.2 Å². The minimum Gasteiger partial charge on any atom is -0.493 e. The van der Waals surface area contributed by atoms with Crippen LogP contribution in [-0.2, 0) is 0 Å². The third-order valence-corrected chi connectivity index (χ3v) is 1.53. The topological polar surface area (TPSA) is 97.8 Å². The first-order valence-electron chi connectivity index (χ1n) is 3.24. The van der Waals surface area contributed by atoms with Crippen molar-refractivity contribution < 1.29 is 10.2 Å². The van der Waals surface area contributed by atoms with Gasteiger partial charge in [0.15, 0.2) is 0 Å². The maximum absolute atomic E-state index is 9.18. The number of hydrogen-bond acceptors (Lipinski definition) is 4. The Balaban J connectivity index is 2.57. The zero-order chi connectivity index (χ0) is 8.55. The van der Waals surface area contributed by atoms with Crippen LogP contribution >= 0.6 is 0 Å². The quantitative estimate of drug-likeness (QED) is 0.486. The number of hydrogen-bond donors (Lipinski definition) is 4. The molecule has 0 aliphatic carbocycles. The molecule has 0 atom stereocenters. The van der Waals surface area contributed by atoms with Crippen molar-refractivity contribution in [2.75, 3.05) is 0 Å². The maximum Gasteiger partial charge on any atom is 0.214 e. The van der Waals surface area contributed by atoms with Crippen molar-refractivity contribution in [3.63, 3.8) is 0 Å². The van der Waals surface area contributed by atoms with E-state index >= 15 is 0 Å². The fourth-order valence-corrected chi connectivity index (χ4v) is 0.953. The SMILES string of the molecule is Oc1[nH]ncc1-c1cn[nH]c1O. The Labute approximate surface area is 66.9 Å². The van der Waals surface area contributed by atoms with Gasteiger partial charge in [-0.15, -0.1) is 0 Å². The number of aromatic amines is 2. The first-order chi connectivity index (χ1) is 5.79. The first kappa shape index (κ1) is 6.71. The molecule has 0 saturated carbocycles. The van der Waals surface area contributed by atoms with E-state index in [4.69, 9.17) is 0 Å². The van der Waals surface area contributed by atoms with Crippen LogP contribution in [0.4, 0.5) is 0 Å². The molecule has 0 unspecified atom stereocenters. The monoisotopic (exact) mass is 166 g/mol. The molecule has 12 heavy (non-hydrogen) atoms. The molecule has 0 aromatic carbocycles. The Morgan fingerprint density at radius 3 is 1.58 bits per heavy atom. The molecule has 2 rings (SSSR count). The molecule has 0 aliphatic heterocycles. The third-order valence-electron chi connectivity index (χ3n) is 1.53. The smallest absolute Gasteiger partial charge is 0.214 e. The molecule has 0 fully saturated rings. The van der Waals surface area contributed by atoms with E-state index in [1.54, 1.807) is 0 Å². The summed E-state index contributed by atoms with van der Waals surface area (Å²) in [6, 6.07) is 0. The van der Waals surface area contributed by atoms with Gasteiger partial charge in [-0.25, -0.2) is 10.2 Å². The van der Waals surface area contributed by atoms with Crippen molar-refractivity contribution >= 4 is 0 Å². The van der Waals surface area contributed by atoms with Gasteiger partial charge in [0.2, 0.25) is 11.8 Å². The standard InChI is InChI=1S/C6H6N4O2/c11-5-3(1-7-9-5)4-2-8-10-6(4)12/h1-2H,(H2,7,9,11)(H2,8,10,12). The fourth-order valence-electron chi connectivity index (χ4n) is 0.953. The lowest BCUT2D eigenvalue weighted by molar-refractivity contribution is 0.446. The molecule has 0 saturated heterocycles. The number of aromatic hydroxyl groups is 2. The van der Waals surface area contributed by atoms with Crippen LogP contribution in [0.15, 0.2) is 12.4 Å². The molecule has 62 valence electrons. The minimum atomic E-state index is -0.0910. The van der Waals surface area contributed by atoms with Crippen molar-refractivity contribution in [1.82, 2.24) is 20.4 Å². The average Bonchev–Trinajstić information content (AvgIpc) is 2.59. The van der Waals surface area contributed by atoms with Crippen molar-refractivity contribution in [2.45, 2.75) is 0 Å². The Hall–Kier alpha value is -1.98. The number of nitrogens with one attached hydrogen (secondary N) is 2. The lowest BCUT2D eigenvalue weighted by atomic mass is 10.2. The molecule has 0 amide bonds. The lowest BCUT2D eigenvalue weighted by Crippen LogP contribution is -1.71. The second-order valence-corrected chi connectivity index (χ2v) is 2.26. The molecule has 2 aromatic rings. The zero-order valence-corrected chi connectivity index (χ0v) is 5.94. The largest absolute Gasteiger partial charge is 0.493 e. The van der Waals surface area contributed by atoms with E-state index in [2.05, 4.69) is 20.4 Å². The van der Waals surface area contributed by atoms with Gasteiger partial charge >= 0.3 is 0 Å². The Kier molecular flexibility index (Phi) is 1.26. The second-order valence-electron chi connectivity index (χ2n) is 2.26. The molecule has 2 aromatic heterocycles. The fraction of sp³-hybridized carbons (Fsp3) is 0. The van der Waals surface area contributed by atoms with E-state index in [1.165, 1.54) is 12.4 Å². The molecule has 2 heterocycles. The highest BCUT2D eigenvalue weighted by molar-refractivity contribution is 5.70. The predicted octanol–water partition coefficient (Wildman–Crippen LogP) is 0.211. The lowest BCUT2D eigenvalue weighted by Gasteiger charge is -1.91. The van der Waals surface area contributed by atoms with Crippen LogP contribution in [0.3, 0.4) is 0 Å². The van der Waals surface area contributed by atoms with Crippen LogP contribution in [0, 0.1) is 0 Å². The Morgan fingerprint density at radius 2 is 1.33 bits per heavy atom. The highest BCUT2D eigenvalue weighted by Crippen LogP contribution is 2.31. The summed E-state index contributed by atoms with van der Waals surface area (Å²) in [5.74, 6) is -0.182. The highest BCUT2D eigenvalue weighted by Gasteiger charge is 2.11. The summed E-state index contributed by atoms with van der Waals surface area (Å²) in [6.45, 7) is 0. The van der Waals surface area contributed by atoms with Crippen LogP contribution < -0.4 is 0 Å². The van der Waals surface area contributed by atoms with Crippen LogP contribution in [-0.4, -0.2) is 30.6 Å². The zero-order valence-electron chi connectivity index (χ0n) is 5.94. The van der Waals surface area contributed by atoms with Gasteiger partial charge in [-0.3, -0.25) is 0 Å². The number of rotatable bonds is 1. The van der Waals surface area contributed by atoms with E-state index in [9.17, 15) is 10.2 Å². The van der Waals surface area contributed by atoms with E-state index < -0.39 is 0 Å². The number of H-pyrrole nitrogens is 2. The van der Waals surface area contributed by atoms with Crippen molar-refractivity contribution in [1.29, 1.82) is 0 Å². The van der Waals surface area contributed by atoms with E-state index in [1.807, 2.05) is 0 Å². The van der Waals surface area contributed by atoms with Gasteiger partial charge in [0.1, 0.15) is 0 Å². The molecule has 6 nitrogen and oxygen atoms in total. The number of aromatic nitrogens is 4. The molecule has 4 N–H and O–H groups in total. The summed E-state index contributed by atoms with van der Waals surface area (Å²) in [5, 5.41) is 30.2. The molecule has 0 aliphatic rings. The van der Waals surface area contributed by atoms with Crippen LogP contribution in [0.1, 0.15) is 0 Å². The van der Waals surface area contributed by atoms with Gasteiger partial charge in [-0.1, -0.05) is 0 Å². The third kappa shape index (κ3) is 0.815. The molecule has 0 radical (unpaired) electrons.